The Kier molecular flexibility index (Phi) is 2.76. The smallest absolute Gasteiger partial charge is 0.371 e. The molecule has 16 heavy (non-hydrogen) atoms. The highest BCUT2D eigenvalue weighted by atomic mass is 16.4. The Morgan fingerprint density at radius 1 is 1.56 bits per heavy atom. The number of hydrogen-bond donors (Lipinski definition) is 1. The fourth-order valence-electron chi connectivity index (χ4n) is 1.52. The molecule has 2 aromatic heterocycles. The quantitative estimate of drug-likeness (QED) is 0.856. The third-order valence-corrected chi connectivity index (χ3v) is 2.23. The van der Waals surface area contributed by atoms with E-state index in [0.29, 0.717) is 5.88 Å². The van der Waals surface area contributed by atoms with Crippen molar-refractivity contribution in [1.82, 2.24) is 9.55 Å². The predicted molar refractivity (Wildman–Crippen MR) is 56.8 cm³/mol. The summed E-state index contributed by atoms with van der Waals surface area (Å²) in [5, 5.41) is 8.75. The largest absolute Gasteiger partial charge is 0.475 e. The van der Waals surface area contributed by atoms with Gasteiger partial charge in [0.15, 0.2) is 0 Å². The number of carboxylic acids is 1. The van der Waals surface area contributed by atoms with Crippen LogP contribution >= 0.6 is 0 Å². The Labute approximate surface area is 92.3 Å². The van der Waals surface area contributed by atoms with Crippen molar-refractivity contribution in [3.05, 3.63) is 36.1 Å². The highest BCUT2D eigenvalue weighted by Gasteiger charge is 2.12. The van der Waals surface area contributed by atoms with Crippen LogP contribution in [-0.2, 0) is 6.42 Å². The van der Waals surface area contributed by atoms with Crippen molar-refractivity contribution in [3.8, 4) is 5.88 Å². The molecule has 0 aliphatic heterocycles. The second-order valence-electron chi connectivity index (χ2n) is 3.41. The highest BCUT2D eigenvalue weighted by molar-refractivity contribution is 5.84. The molecule has 0 radical (unpaired) electrons. The first kappa shape index (κ1) is 10.5. The van der Waals surface area contributed by atoms with Gasteiger partial charge in [0.1, 0.15) is 5.82 Å². The summed E-state index contributed by atoms with van der Waals surface area (Å²) >= 11 is 0. The first-order valence-electron chi connectivity index (χ1n) is 5.08. The summed E-state index contributed by atoms with van der Waals surface area (Å²) in [5.41, 5.74) is 0. The summed E-state index contributed by atoms with van der Waals surface area (Å²) in [6, 6.07) is 3.07. The maximum absolute atomic E-state index is 10.7. The van der Waals surface area contributed by atoms with Crippen LogP contribution in [0.1, 0.15) is 29.7 Å². The van der Waals surface area contributed by atoms with Crippen molar-refractivity contribution >= 4 is 5.97 Å². The molecule has 0 unspecified atom stereocenters. The molecule has 0 atom stereocenters. The van der Waals surface area contributed by atoms with E-state index in [0.717, 1.165) is 18.7 Å². The van der Waals surface area contributed by atoms with Crippen LogP contribution in [0.5, 0.6) is 0 Å². The number of hydrogen-bond acceptors (Lipinski definition) is 3. The number of aryl methyl sites for hydroxylation is 1. The topological polar surface area (TPSA) is 68.3 Å². The molecule has 0 spiro atoms. The number of aromatic nitrogens is 2. The molecule has 0 amide bonds. The lowest BCUT2D eigenvalue weighted by Gasteiger charge is -2.02. The van der Waals surface area contributed by atoms with Gasteiger partial charge in [-0.15, -0.1) is 0 Å². The van der Waals surface area contributed by atoms with E-state index in [1.54, 1.807) is 23.0 Å². The van der Waals surface area contributed by atoms with Crippen molar-refractivity contribution in [2.45, 2.75) is 19.8 Å². The van der Waals surface area contributed by atoms with Gasteiger partial charge in [-0.05, 0) is 12.5 Å². The van der Waals surface area contributed by atoms with E-state index in [1.807, 2.05) is 0 Å². The second-order valence-corrected chi connectivity index (χ2v) is 3.41. The van der Waals surface area contributed by atoms with Gasteiger partial charge >= 0.3 is 5.97 Å². The molecule has 5 heteroatoms. The lowest BCUT2D eigenvalue weighted by molar-refractivity contribution is 0.0662. The SMILES string of the molecule is CCCc1nccn1-c1ccc(C(=O)O)o1. The van der Waals surface area contributed by atoms with Gasteiger partial charge < -0.3 is 9.52 Å². The predicted octanol–water partition coefficient (Wildman–Crippen LogP) is 2.12. The maximum Gasteiger partial charge on any atom is 0.371 e. The Balaban J connectivity index is 2.34. The standard InChI is InChI=1S/C11H12N2O3/c1-2-3-9-12-6-7-13(9)10-5-4-8(16-10)11(14)15/h4-7H,2-3H2,1H3,(H,14,15). The Morgan fingerprint density at radius 2 is 2.38 bits per heavy atom. The van der Waals surface area contributed by atoms with Crippen LogP contribution in [0.3, 0.4) is 0 Å². The summed E-state index contributed by atoms with van der Waals surface area (Å²) in [4.78, 5) is 14.9. The summed E-state index contributed by atoms with van der Waals surface area (Å²) in [6.07, 6.45) is 5.24. The molecule has 2 heterocycles. The van der Waals surface area contributed by atoms with Crippen molar-refractivity contribution in [3.63, 3.8) is 0 Å². The molecule has 0 aromatic carbocycles. The van der Waals surface area contributed by atoms with E-state index in [-0.39, 0.29) is 5.76 Å². The molecule has 0 aliphatic rings. The van der Waals surface area contributed by atoms with Crippen molar-refractivity contribution in [2.24, 2.45) is 0 Å². The minimum Gasteiger partial charge on any atom is -0.475 e. The van der Waals surface area contributed by atoms with Gasteiger partial charge in [0, 0.05) is 24.9 Å². The molecular formula is C11H12N2O3. The molecule has 1 N–H and O–H groups in total. The molecular weight excluding hydrogens is 208 g/mol. The zero-order chi connectivity index (χ0) is 11.5. The van der Waals surface area contributed by atoms with Crippen LogP contribution in [0.25, 0.3) is 5.88 Å². The number of nitrogens with zero attached hydrogens (tertiary/aromatic N) is 2. The van der Waals surface area contributed by atoms with Gasteiger partial charge in [0.25, 0.3) is 0 Å². The van der Waals surface area contributed by atoms with E-state index < -0.39 is 5.97 Å². The van der Waals surface area contributed by atoms with Crippen molar-refractivity contribution in [2.75, 3.05) is 0 Å². The molecule has 0 fully saturated rings. The molecule has 5 nitrogen and oxygen atoms in total. The van der Waals surface area contributed by atoms with Gasteiger partial charge in [-0.2, -0.15) is 0 Å². The number of imidazole rings is 1. The lowest BCUT2D eigenvalue weighted by Crippen LogP contribution is -1.99. The number of aromatic carboxylic acids is 1. The Bertz CT molecular complexity index is 499. The Morgan fingerprint density at radius 3 is 3.00 bits per heavy atom. The van der Waals surface area contributed by atoms with Gasteiger partial charge in [-0.25, -0.2) is 9.78 Å². The van der Waals surface area contributed by atoms with Gasteiger partial charge in [0.05, 0.1) is 0 Å². The van der Waals surface area contributed by atoms with Crippen LogP contribution in [0.4, 0.5) is 0 Å². The fraction of sp³-hybridized carbons (Fsp3) is 0.273. The minimum absolute atomic E-state index is 0.0638. The van der Waals surface area contributed by atoms with Gasteiger partial charge in [-0.3, -0.25) is 4.57 Å². The first-order valence-corrected chi connectivity index (χ1v) is 5.08. The Hall–Kier alpha value is -2.04. The van der Waals surface area contributed by atoms with E-state index >= 15 is 0 Å². The fourth-order valence-corrected chi connectivity index (χ4v) is 1.52. The lowest BCUT2D eigenvalue weighted by atomic mass is 10.3. The molecule has 0 saturated carbocycles. The van der Waals surface area contributed by atoms with Crippen molar-refractivity contribution < 1.29 is 14.3 Å². The maximum atomic E-state index is 10.7. The average Bonchev–Trinajstić information content (AvgIpc) is 2.84. The molecule has 2 aromatic rings. The van der Waals surface area contributed by atoms with E-state index in [2.05, 4.69) is 11.9 Å². The third kappa shape index (κ3) is 1.84. The van der Waals surface area contributed by atoms with E-state index in [1.165, 1.54) is 6.07 Å². The number of furan rings is 1. The van der Waals surface area contributed by atoms with E-state index in [9.17, 15) is 4.79 Å². The third-order valence-electron chi connectivity index (χ3n) is 2.23. The number of rotatable bonds is 4. The van der Waals surface area contributed by atoms with Crippen LogP contribution < -0.4 is 0 Å². The monoisotopic (exact) mass is 220 g/mol. The summed E-state index contributed by atoms with van der Waals surface area (Å²) < 4.78 is 6.96. The van der Waals surface area contributed by atoms with Crippen LogP contribution in [0.2, 0.25) is 0 Å². The van der Waals surface area contributed by atoms with Crippen molar-refractivity contribution in [1.29, 1.82) is 0 Å². The second kappa shape index (κ2) is 4.22. The molecule has 0 aliphatic carbocycles. The molecule has 0 bridgehead atoms. The zero-order valence-electron chi connectivity index (χ0n) is 8.88. The van der Waals surface area contributed by atoms with Crippen LogP contribution in [-0.4, -0.2) is 20.6 Å². The van der Waals surface area contributed by atoms with Gasteiger partial charge in [0.2, 0.25) is 11.6 Å². The van der Waals surface area contributed by atoms with Crippen LogP contribution in [0.15, 0.2) is 28.9 Å². The first-order chi connectivity index (χ1) is 7.72. The summed E-state index contributed by atoms with van der Waals surface area (Å²) in [7, 11) is 0. The van der Waals surface area contributed by atoms with Gasteiger partial charge in [-0.1, -0.05) is 6.92 Å². The summed E-state index contributed by atoms with van der Waals surface area (Å²) in [5.74, 6) is 0.224. The average molecular weight is 220 g/mol. The number of carbonyl (C=O) groups is 1. The molecule has 2 rings (SSSR count). The molecule has 84 valence electrons. The number of carboxylic acid groups (broad SMARTS) is 1. The minimum atomic E-state index is -1.07. The molecule has 0 saturated heterocycles. The summed E-state index contributed by atoms with van der Waals surface area (Å²) in [6.45, 7) is 2.06. The van der Waals surface area contributed by atoms with Crippen LogP contribution in [0, 0.1) is 0 Å². The van der Waals surface area contributed by atoms with E-state index in [4.69, 9.17) is 9.52 Å². The highest BCUT2D eigenvalue weighted by Crippen LogP contribution is 2.15. The normalized spacial score (nSPS) is 10.6. The zero-order valence-corrected chi connectivity index (χ0v) is 8.88.